The molecule has 0 saturated heterocycles. The highest BCUT2D eigenvalue weighted by molar-refractivity contribution is 5.82. The second kappa shape index (κ2) is 7.10. The van der Waals surface area contributed by atoms with Gasteiger partial charge in [0.05, 0.1) is 11.3 Å². The molecule has 5 nitrogen and oxygen atoms in total. The van der Waals surface area contributed by atoms with Crippen molar-refractivity contribution in [3.63, 3.8) is 0 Å². The van der Waals surface area contributed by atoms with E-state index >= 15 is 4.39 Å². The van der Waals surface area contributed by atoms with E-state index in [2.05, 4.69) is 17.2 Å². The maximum atomic E-state index is 16.5. The van der Waals surface area contributed by atoms with Gasteiger partial charge in [0.2, 0.25) is 0 Å². The molecule has 6 heteroatoms. The van der Waals surface area contributed by atoms with E-state index in [-0.39, 0.29) is 29.0 Å². The molecule has 176 valence electrons. The van der Waals surface area contributed by atoms with Gasteiger partial charge in [-0.3, -0.25) is 4.79 Å². The summed E-state index contributed by atoms with van der Waals surface area (Å²) in [6.07, 6.45) is 11.8. The van der Waals surface area contributed by atoms with E-state index in [1.165, 1.54) is 12.8 Å². The zero-order valence-corrected chi connectivity index (χ0v) is 19.6. The van der Waals surface area contributed by atoms with Crippen molar-refractivity contribution in [1.29, 1.82) is 0 Å². The first kappa shape index (κ1) is 21.2. The summed E-state index contributed by atoms with van der Waals surface area (Å²) in [4.78, 5) is 13.4. The molecule has 5 saturated carbocycles. The van der Waals surface area contributed by atoms with Gasteiger partial charge in [-0.15, -0.1) is 5.10 Å². The monoisotopic (exact) mass is 443 g/mol. The Kier molecular flexibility index (Phi) is 4.71. The summed E-state index contributed by atoms with van der Waals surface area (Å²) in [5.41, 5.74) is -0.803. The van der Waals surface area contributed by atoms with Gasteiger partial charge in [0, 0.05) is 18.0 Å². The molecule has 0 bridgehead atoms. The number of hydrogen-bond donors (Lipinski definition) is 1. The van der Waals surface area contributed by atoms with Crippen LogP contribution in [-0.2, 0) is 11.3 Å². The molecule has 5 fully saturated rings. The Labute approximate surface area is 190 Å². The van der Waals surface area contributed by atoms with Crippen molar-refractivity contribution in [1.82, 2.24) is 15.0 Å². The zero-order valence-electron chi connectivity index (χ0n) is 19.6. The van der Waals surface area contributed by atoms with Gasteiger partial charge in [-0.2, -0.15) is 0 Å². The highest BCUT2D eigenvalue weighted by Crippen LogP contribution is 2.66. The molecule has 0 amide bonds. The van der Waals surface area contributed by atoms with Crippen molar-refractivity contribution in [2.75, 3.05) is 0 Å². The number of aromatic nitrogens is 3. The first-order chi connectivity index (χ1) is 15.2. The van der Waals surface area contributed by atoms with Gasteiger partial charge >= 0.3 is 0 Å². The van der Waals surface area contributed by atoms with E-state index in [9.17, 15) is 9.90 Å². The molecule has 1 N–H and O–H groups in total. The largest absolute Gasteiger partial charge is 0.390 e. The van der Waals surface area contributed by atoms with Crippen molar-refractivity contribution in [2.45, 2.75) is 108 Å². The number of Topliss-reactive ketones (excluding diaryl/α,β-unsaturated/α-hetero) is 1. The molecule has 0 spiro atoms. The summed E-state index contributed by atoms with van der Waals surface area (Å²) < 4.78 is 18.2. The first-order valence-corrected chi connectivity index (χ1v) is 13.0. The molecular formula is C26H38FN3O2. The lowest BCUT2D eigenvalue weighted by atomic mass is 9.48. The summed E-state index contributed by atoms with van der Waals surface area (Å²) in [5.74, 6) is 1.85. The number of aliphatic hydroxyl groups is 1. The molecule has 6 rings (SSSR count). The van der Waals surface area contributed by atoms with Gasteiger partial charge in [0.1, 0.15) is 12.2 Å². The van der Waals surface area contributed by atoms with Crippen molar-refractivity contribution in [2.24, 2.45) is 35.0 Å². The molecule has 0 aromatic carbocycles. The predicted octanol–water partition coefficient (Wildman–Crippen LogP) is 4.84. The normalized spacial score (nSPS) is 48.1. The van der Waals surface area contributed by atoms with Crippen LogP contribution in [0.15, 0.2) is 6.20 Å². The smallest absolute Gasteiger partial charge is 0.157 e. The minimum Gasteiger partial charge on any atom is -0.390 e. The third kappa shape index (κ3) is 3.22. The molecule has 1 aromatic rings. The van der Waals surface area contributed by atoms with Gasteiger partial charge in [0.15, 0.2) is 5.78 Å². The molecule has 1 unspecified atom stereocenters. The molecule has 5 aliphatic rings. The maximum Gasteiger partial charge on any atom is 0.157 e. The number of hydrogen-bond acceptors (Lipinski definition) is 4. The second-order valence-electron chi connectivity index (χ2n) is 12.5. The molecular weight excluding hydrogens is 405 g/mol. The van der Waals surface area contributed by atoms with Crippen LogP contribution in [0.5, 0.6) is 0 Å². The number of ketones is 1. The Balaban J connectivity index is 1.18. The van der Waals surface area contributed by atoms with E-state index in [1.54, 1.807) is 4.68 Å². The molecule has 0 aliphatic heterocycles. The van der Waals surface area contributed by atoms with Gasteiger partial charge in [-0.05, 0) is 107 Å². The van der Waals surface area contributed by atoms with Crippen LogP contribution in [-0.4, -0.2) is 37.2 Å². The molecule has 1 heterocycles. The Morgan fingerprint density at radius 1 is 1.09 bits per heavy atom. The topological polar surface area (TPSA) is 68.0 Å². The van der Waals surface area contributed by atoms with E-state index in [4.69, 9.17) is 0 Å². The highest BCUT2D eigenvalue weighted by Gasteiger charge is 2.63. The van der Waals surface area contributed by atoms with Crippen LogP contribution in [0.25, 0.3) is 0 Å². The summed E-state index contributed by atoms with van der Waals surface area (Å²) in [5, 5.41) is 19.0. The lowest BCUT2D eigenvalue weighted by Crippen LogP contribution is -2.58. The summed E-state index contributed by atoms with van der Waals surface area (Å²) in [7, 11) is 0. The average Bonchev–Trinajstić information content (AvgIpc) is 3.38. The van der Waals surface area contributed by atoms with Crippen LogP contribution in [0, 0.1) is 35.0 Å². The van der Waals surface area contributed by atoms with Crippen LogP contribution >= 0.6 is 0 Å². The molecule has 1 aromatic heterocycles. The molecule has 32 heavy (non-hydrogen) atoms. The second-order valence-corrected chi connectivity index (χ2v) is 12.5. The Morgan fingerprint density at radius 3 is 2.69 bits per heavy atom. The average molecular weight is 444 g/mol. The van der Waals surface area contributed by atoms with Crippen molar-refractivity contribution < 1.29 is 14.3 Å². The van der Waals surface area contributed by atoms with E-state index in [1.807, 2.05) is 13.1 Å². The number of halogens is 1. The third-order valence-electron chi connectivity index (χ3n) is 10.6. The number of fused-ring (bicyclic) bond motifs is 5. The SMILES string of the molecule is C[C@@]1(O)CC[C@]2(F)C3CC[C@]4(C)[C@@H](C(=O)Cn5cc(C6CC6)nn5)CC[C@H]4[C@@H]3CC[C@@H]2C1. The van der Waals surface area contributed by atoms with E-state index < -0.39 is 11.3 Å². The maximum absolute atomic E-state index is 16.5. The van der Waals surface area contributed by atoms with Gasteiger partial charge in [-0.1, -0.05) is 12.1 Å². The fourth-order valence-corrected chi connectivity index (χ4v) is 8.73. The van der Waals surface area contributed by atoms with Crippen LogP contribution in [0.4, 0.5) is 4.39 Å². The lowest BCUT2D eigenvalue weighted by Gasteiger charge is -2.59. The highest BCUT2D eigenvalue weighted by atomic mass is 19.1. The van der Waals surface area contributed by atoms with Gasteiger partial charge in [0.25, 0.3) is 0 Å². The fourth-order valence-electron chi connectivity index (χ4n) is 8.73. The molecule has 5 aliphatic carbocycles. The fraction of sp³-hybridized carbons (Fsp3) is 0.885. The lowest BCUT2D eigenvalue weighted by molar-refractivity contribution is -0.166. The number of rotatable bonds is 4. The van der Waals surface area contributed by atoms with Crippen molar-refractivity contribution in [3.8, 4) is 0 Å². The minimum atomic E-state index is -1.12. The van der Waals surface area contributed by atoms with Crippen LogP contribution in [0.2, 0.25) is 0 Å². The van der Waals surface area contributed by atoms with E-state index in [0.29, 0.717) is 43.6 Å². The summed E-state index contributed by atoms with van der Waals surface area (Å²) >= 11 is 0. The van der Waals surface area contributed by atoms with Crippen LogP contribution in [0.3, 0.4) is 0 Å². The van der Waals surface area contributed by atoms with Gasteiger partial charge < -0.3 is 5.11 Å². The number of carbonyl (C=O) groups is 1. The van der Waals surface area contributed by atoms with Crippen LogP contribution in [0.1, 0.15) is 96.1 Å². The zero-order chi connectivity index (χ0) is 22.3. The minimum absolute atomic E-state index is 0.00340. The third-order valence-corrected chi connectivity index (χ3v) is 10.6. The predicted molar refractivity (Wildman–Crippen MR) is 119 cm³/mol. The Bertz CT molecular complexity index is 911. The van der Waals surface area contributed by atoms with Crippen LogP contribution < -0.4 is 0 Å². The molecule has 8 atom stereocenters. The van der Waals surface area contributed by atoms with Crippen molar-refractivity contribution in [3.05, 3.63) is 11.9 Å². The first-order valence-electron chi connectivity index (χ1n) is 13.0. The van der Waals surface area contributed by atoms with E-state index in [0.717, 1.165) is 44.2 Å². The number of alkyl halides is 1. The quantitative estimate of drug-likeness (QED) is 0.723. The number of carbonyl (C=O) groups excluding carboxylic acids is 1. The summed E-state index contributed by atoms with van der Waals surface area (Å²) in [6.45, 7) is 4.53. The summed E-state index contributed by atoms with van der Waals surface area (Å²) in [6, 6.07) is 0. The van der Waals surface area contributed by atoms with Gasteiger partial charge in [-0.25, -0.2) is 9.07 Å². The molecule has 0 radical (unpaired) electrons. The standard InChI is InChI=1S/C26H38FN3O2/c1-24(32)11-12-26(27)17(13-24)5-6-18-19-7-8-21(25(19,2)10-9-20(18)26)23(31)15-30-14-22(28-29-30)16-3-4-16/h14,16-21,32H,3-13,15H2,1-2H3/t17-,18+,19+,20?,21-,24-,25+,26-/m1/s1. The Hall–Kier alpha value is -1.30. The number of nitrogens with zero attached hydrogens (tertiary/aromatic N) is 3. The van der Waals surface area contributed by atoms with Crippen molar-refractivity contribution >= 4 is 5.78 Å². The Morgan fingerprint density at radius 2 is 1.91 bits per heavy atom.